The first-order chi connectivity index (χ1) is 11.4. The monoisotopic (exact) mass is 342 g/mol. The molecule has 122 valence electrons. The number of hydrogen-bond acceptors (Lipinski definition) is 4. The number of anilines is 1. The highest BCUT2D eigenvalue weighted by atomic mass is 32.2. The Morgan fingerprint density at radius 3 is 2.50 bits per heavy atom. The minimum Gasteiger partial charge on any atom is -0.503 e. The summed E-state index contributed by atoms with van der Waals surface area (Å²) in [5, 5.41) is 9.13. The Kier molecular flexibility index (Phi) is 5.24. The van der Waals surface area contributed by atoms with E-state index in [2.05, 4.69) is 16.6 Å². The molecule has 0 unspecified atom stereocenters. The zero-order valence-electron chi connectivity index (χ0n) is 12.4. The van der Waals surface area contributed by atoms with Crippen molar-refractivity contribution in [2.45, 2.75) is 4.90 Å². The first-order valence-corrected chi connectivity index (χ1v) is 8.25. The summed E-state index contributed by atoms with van der Waals surface area (Å²) in [4.78, 5) is 10.8. The van der Waals surface area contributed by atoms with E-state index in [0.29, 0.717) is 11.3 Å². The summed E-state index contributed by atoms with van der Waals surface area (Å²) in [5.41, 5.74) is 5.70. The van der Waals surface area contributed by atoms with Crippen molar-refractivity contribution in [2.75, 3.05) is 4.72 Å². The number of rotatable bonds is 4. The van der Waals surface area contributed by atoms with E-state index in [1.54, 1.807) is 36.4 Å². The van der Waals surface area contributed by atoms with Gasteiger partial charge in [0.2, 0.25) is 0 Å². The molecule has 0 saturated carbocycles. The number of nitrogens with one attached hydrogen (secondary N) is 1. The van der Waals surface area contributed by atoms with E-state index in [1.165, 1.54) is 18.2 Å². The molecule has 0 radical (unpaired) electrons. The summed E-state index contributed by atoms with van der Waals surface area (Å²) < 4.78 is 27.0. The van der Waals surface area contributed by atoms with Gasteiger partial charge in [-0.25, -0.2) is 8.42 Å². The fourth-order valence-corrected chi connectivity index (χ4v) is 2.80. The number of allylic oxidation sites excluding steroid dienone is 1. The van der Waals surface area contributed by atoms with Gasteiger partial charge in [-0.3, -0.25) is 9.52 Å². The second kappa shape index (κ2) is 7.35. The molecule has 0 aromatic heterocycles. The van der Waals surface area contributed by atoms with Gasteiger partial charge in [0, 0.05) is 11.6 Å². The smallest absolute Gasteiger partial charge is 0.284 e. The number of carbonyl (C=O) groups excluding carboxylic acids is 1. The molecule has 0 aliphatic carbocycles. The third-order valence-corrected chi connectivity index (χ3v) is 4.24. The van der Waals surface area contributed by atoms with Crippen molar-refractivity contribution < 1.29 is 18.3 Å². The van der Waals surface area contributed by atoms with Crippen LogP contribution >= 0.6 is 0 Å². The molecule has 0 fully saturated rings. The Morgan fingerprint density at radius 1 is 1.12 bits per heavy atom. The molecule has 0 aliphatic heterocycles. The van der Waals surface area contributed by atoms with E-state index < -0.39 is 21.7 Å². The largest absolute Gasteiger partial charge is 0.503 e. The number of primary amides is 1. The summed E-state index contributed by atoms with van der Waals surface area (Å²) in [6.45, 7) is 0. The zero-order chi connectivity index (χ0) is 17.6. The number of carbonyl (C=O) groups is 1. The zero-order valence-corrected chi connectivity index (χ0v) is 13.2. The molecular formula is C17H14N2O4S. The average Bonchev–Trinajstić information content (AvgIpc) is 2.55. The second-order valence-corrected chi connectivity index (χ2v) is 6.34. The van der Waals surface area contributed by atoms with Gasteiger partial charge >= 0.3 is 0 Å². The molecule has 4 N–H and O–H groups in total. The van der Waals surface area contributed by atoms with Crippen molar-refractivity contribution in [3.05, 3.63) is 72.0 Å². The third kappa shape index (κ3) is 4.63. The fraction of sp³-hybridized carbons (Fsp3) is 0. The maximum atomic E-state index is 12.3. The minimum atomic E-state index is -3.69. The lowest BCUT2D eigenvalue weighted by Crippen LogP contribution is -2.13. The number of amides is 1. The Morgan fingerprint density at radius 2 is 1.83 bits per heavy atom. The van der Waals surface area contributed by atoms with Crippen LogP contribution in [0.2, 0.25) is 0 Å². The van der Waals surface area contributed by atoms with E-state index in [9.17, 15) is 13.2 Å². The van der Waals surface area contributed by atoms with Crippen LogP contribution in [-0.2, 0) is 14.8 Å². The Hall–Kier alpha value is -3.24. The van der Waals surface area contributed by atoms with Gasteiger partial charge in [0.05, 0.1) is 10.6 Å². The molecule has 24 heavy (non-hydrogen) atoms. The molecular weight excluding hydrogens is 328 g/mol. The van der Waals surface area contributed by atoms with Crippen molar-refractivity contribution in [1.29, 1.82) is 0 Å². The van der Waals surface area contributed by atoms with Gasteiger partial charge in [-0.1, -0.05) is 36.1 Å². The number of benzene rings is 2. The predicted octanol–water partition coefficient (Wildman–Crippen LogP) is 1.77. The molecule has 2 aromatic carbocycles. The van der Waals surface area contributed by atoms with Crippen LogP contribution in [-0.4, -0.2) is 19.4 Å². The molecule has 7 heteroatoms. The lowest BCUT2D eigenvalue weighted by Gasteiger charge is -2.08. The topological polar surface area (TPSA) is 109 Å². The molecule has 0 atom stereocenters. The molecule has 0 saturated heterocycles. The lowest BCUT2D eigenvalue weighted by molar-refractivity contribution is -0.116. The van der Waals surface area contributed by atoms with Crippen LogP contribution in [0.4, 0.5) is 5.69 Å². The first kappa shape index (κ1) is 17.1. The van der Waals surface area contributed by atoms with Crippen molar-refractivity contribution >= 4 is 21.6 Å². The Bertz CT molecular complexity index is 939. The van der Waals surface area contributed by atoms with Crippen LogP contribution in [0.5, 0.6) is 0 Å². The maximum absolute atomic E-state index is 12.3. The van der Waals surface area contributed by atoms with Crippen LogP contribution in [0, 0.1) is 11.8 Å². The van der Waals surface area contributed by atoms with Crippen LogP contribution in [0.1, 0.15) is 5.56 Å². The molecule has 0 spiro atoms. The number of hydrogen-bond donors (Lipinski definition) is 3. The van der Waals surface area contributed by atoms with Gasteiger partial charge in [0.15, 0.2) is 5.76 Å². The minimum absolute atomic E-state index is 0.149. The van der Waals surface area contributed by atoms with Crippen molar-refractivity contribution in [3.8, 4) is 11.8 Å². The van der Waals surface area contributed by atoms with Gasteiger partial charge in [-0.2, -0.15) is 0 Å². The fourth-order valence-electron chi connectivity index (χ4n) is 1.73. The number of nitrogens with two attached hydrogens (primary N) is 1. The molecule has 0 heterocycles. The van der Waals surface area contributed by atoms with Gasteiger partial charge in [0.25, 0.3) is 15.9 Å². The van der Waals surface area contributed by atoms with Crippen molar-refractivity contribution in [1.82, 2.24) is 0 Å². The summed E-state index contributed by atoms with van der Waals surface area (Å²) in [6, 6.07) is 14.4. The maximum Gasteiger partial charge on any atom is 0.284 e. The molecule has 1 amide bonds. The Labute approximate surface area is 139 Å². The van der Waals surface area contributed by atoms with E-state index >= 15 is 0 Å². The van der Waals surface area contributed by atoms with Gasteiger partial charge in [-0.15, -0.1) is 0 Å². The van der Waals surface area contributed by atoms with Gasteiger partial charge in [0.1, 0.15) is 0 Å². The predicted molar refractivity (Wildman–Crippen MR) is 90.5 cm³/mol. The lowest BCUT2D eigenvalue weighted by atomic mass is 10.2. The van der Waals surface area contributed by atoms with Crippen molar-refractivity contribution in [2.24, 2.45) is 5.73 Å². The van der Waals surface area contributed by atoms with Gasteiger partial charge in [-0.05, 0) is 30.3 Å². The summed E-state index contributed by atoms with van der Waals surface area (Å²) in [7, 11) is -3.69. The van der Waals surface area contributed by atoms with Crippen molar-refractivity contribution in [3.63, 3.8) is 0 Å². The normalized spacial score (nSPS) is 11.2. The summed E-state index contributed by atoms with van der Waals surface area (Å²) >= 11 is 0. The van der Waals surface area contributed by atoms with Crippen LogP contribution < -0.4 is 10.5 Å². The van der Waals surface area contributed by atoms with Crippen LogP contribution in [0.25, 0.3) is 0 Å². The molecule has 6 nitrogen and oxygen atoms in total. The molecule has 0 bridgehead atoms. The summed E-state index contributed by atoms with van der Waals surface area (Å²) in [5.74, 6) is 3.50. The van der Waals surface area contributed by atoms with E-state index in [-0.39, 0.29) is 4.90 Å². The highest BCUT2D eigenvalue weighted by Gasteiger charge is 2.13. The number of aliphatic hydroxyl groups excluding tert-OH is 1. The van der Waals surface area contributed by atoms with Crippen LogP contribution in [0.15, 0.2) is 71.3 Å². The number of aliphatic hydroxyl groups is 1. The van der Waals surface area contributed by atoms with E-state index in [0.717, 1.165) is 6.08 Å². The highest BCUT2D eigenvalue weighted by molar-refractivity contribution is 7.92. The number of sulfonamides is 1. The quantitative estimate of drug-likeness (QED) is 0.447. The SMILES string of the molecule is NC(=O)C(O)=CC#Cc1cccc(NS(=O)(=O)c2ccccc2)c1. The standard InChI is InChI=1S/C17H14N2O4S/c18-17(21)16(20)11-5-7-13-6-4-8-14(12-13)19-24(22,23)15-9-2-1-3-10-15/h1-4,6,8-12,19-20H,(H2,18,21). The summed E-state index contributed by atoms with van der Waals surface area (Å²) in [6.07, 6.45) is 0.975. The van der Waals surface area contributed by atoms with Crippen LogP contribution in [0.3, 0.4) is 0 Å². The average molecular weight is 342 g/mol. The van der Waals surface area contributed by atoms with Gasteiger partial charge < -0.3 is 10.8 Å². The second-order valence-electron chi connectivity index (χ2n) is 4.66. The Balaban J connectivity index is 2.21. The molecule has 2 aromatic rings. The molecule has 0 aliphatic rings. The third-order valence-electron chi connectivity index (χ3n) is 2.85. The van der Waals surface area contributed by atoms with E-state index in [4.69, 9.17) is 10.8 Å². The van der Waals surface area contributed by atoms with E-state index in [1.807, 2.05) is 0 Å². The first-order valence-electron chi connectivity index (χ1n) is 6.77. The highest BCUT2D eigenvalue weighted by Crippen LogP contribution is 2.16. The molecule has 2 rings (SSSR count).